The second-order valence-electron chi connectivity index (χ2n) is 6.83. The number of hydrogen-bond donors (Lipinski definition) is 2. The lowest BCUT2D eigenvalue weighted by Crippen LogP contribution is -2.32. The molecule has 2 N–H and O–H groups in total. The molecular formula is C21H21N3O6. The number of carbonyl (C=O) groups excluding carboxylic acids is 2. The zero-order valence-electron chi connectivity index (χ0n) is 17.0. The minimum Gasteiger partial charge on any atom is -0.476 e. The van der Waals surface area contributed by atoms with Crippen LogP contribution in [0.4, 0.5) is 0 Å². The maximum atomic E-state index is 13.2. The standard InChI is InChI=1S/C21H21N3O6/c1-5-30-21(29)15-10(2)16(22-11(15)3)18(25)12(4)24-19(26)14-9-7-6-8-13(14)17(23-24)20(27)28/h6-9,12,22H,5H2,1-4H3,(H,27,28). The first-order chi connectivity index (χ1) is 14.2. The van der Waals surface area contributed by atoms with Gasteiger partial charge in [0.1, 0.15) is 6.04 Å². The van der Waals surface area contributed by atoms with E-state index in [-0.39, 0.29) is 34.3 Å². The number of aromatic carboxylic acids is 1. The molecule has 0 aliphatic rings. The highest BCUT2D eigenvalue weighted by Gasteiger charge is 2.28. The van der Waals surface area contributed by atoms with E-state index >= 15 is 0 Å². The van der Waals surface area contributed by atoms with Gasteiger partial charge in [-0.2, -0.15) is 5.10 Å². The van der Waals surface area contributed by atoms with Crippen molar-refractivity contribution in [3.05, 3.63) is 62.8 Å². The van der Waals surface area contributed by atoms with Crippen molar-refractivity contribution in [2.24, 2.45) is 0 Å². The number of benzene rings is 1. The van der Waals surface area contributed by atoms with Crippen LogP contribution in [0.2, 0.25) is 0 Å². The fourth-order valence-corrected chi connectivity index (χ4v) is 3.45. The van der Waals surface area contributed by atoms with Crippen LogP contribution in [0.25, 0.3) is 10.8 Å². The highest BCUT2D eigenvalue weighted by molar-refractivity contribution is 6.04. The van der Waals surface area contributed by atoms with Gasteiger partial charge in [0.05, 0.1) is 23.3 Å². The van der Waals surface area contributed by atoms with Crippen molar-refractivity contribution >= 4 is 28.5 Å². The minimum atomic E-state index is -1.31. The monoisotopic (exact) mass is 411 g/mol. The number of aromatic nitrogens is 3. The Kier molecular flexibility index (Phi) is 5.55. The average Bonchev–Trinajstić information content (AvgIpc) is 3.01. The van der Waals surface area contributed by atoms with E-state index in [0.717, 1.165) is 4.68 Å². The number of ether oxygens (including phenoxy) is 1. The van der Waals surface area contributed by atoms with Crippen molar-refractivity contribution in [2.45, 2.75) is 33.7 Å². The zero-order chi connectivity index (χ0) is 22.2. The highest BCUT2D eigenvalue weighted by atomic mass is 16.5. The van der Waals surface area contributed by atoms with Gasteiger partial charge in [-0.15, -0.1) is 0 Å². The molecule has 0 spiro atoms. The summed E-state index contributed by atoms with van der Waals surface area (Å²) in [6.45, 7) is 6.58. The Morgan fingerprint density at radius 1 is 1.20 bits per heavy atom. The molecular weight excluding hydrogens is 390 g/mol. The number of nitrogens with zero attached hydrogens (tertiary/aromatic N) is 2. The lowest BCUT2D eigenvalue weighted by Gasteiger charge is -2.15. The Hall–Kier alpha value is -3.75. The van der Waals surface area contributed by atoms with Crippen LogP contribution in [0.5, 0.6) is 0 Å². The van der Waals surface area contributed by atoms with Crippen LogP contribution < -0.4 is 5.56 Å². The van der Waals surface area contributed by atoms with E-state index in [2.05, 4.69) is 10.1 Å². The lowest BCUT2D eigenvalue weighted by molar-refractivity contribution is 0.0524. The Morgan fingerprint density at radius 3 is 2.43 bits per heavy atom. The van der Waals surface area contributed by atoms with Crippen LogP contribution in [-0.4, -0.2) is 44.2 Å². The summed E-state index contributed by atoms with van der Waals surface area (Å²) in [7, 11) is 0. The van der Waals surface area contributed by atoms with E-state index in [1.54, 1.807) is 32.9 Å². The highest BCUT2D eigenvalue weighted by Crippen LogP contribution is 2.23. The average molecular weight is 411 g/mol. The molecule has 0 aliphatic heterocycles. The summed E-state index contributed by atoms with van der Waals surface area (Å²) in [5.41, 5.74) is 0.361. The molecule has 1 aromatic carbocycles. The van der Waals surface area contributed by atoms with E-state index in [0.29, 0.717) is 11.3 Å². The number of ketones is 1. The molecule has 3 aromatic rings. The van der Waals surface area contributed by atoms with Crippen LogP contribution in [0.3, 0.4) is 0 Å². The van der Waals surface area contributed by atoms with Gasteiger partial charge >= 0.3 is 11.9 Å². The summed E-state index contributed by atoms with van der Waals surface area (Å²) in [6, 6.07) is 5.09. The second kappa shape index (κ2) is 7.94. The number of carboxylic acids is 1. The Labute approximate surface area is 171 Å². The van der Waals surface area contributed by atoms with Crippen LogP contribution in [0, 0.1) is 13.8 Å². The van der Waals surface area contributed by atoms with E-state index in [9.17, 15) is 24.3 Å². The molecule has 0 saturated heterocycles. The third kappa shape index (κ3) is 3.38. The molecule has 3 rings (SSSR count). The summed E-state index contributed by atoms with van der Waals surface area (Å²) >= 11 is 0. The number of esters is 1. The van der Waals surface area contributed by atoms with Crippen molar-refractivity contribution in [2.75, 3.05) is 6.61 Å². The van der Waals surface area contributed by atoms with Gasteiger partial charge in [-0.1, -0.05) is 18.2 Å². The van der Waals surface area contributed by atoms with Crippen molar-refractivity contribution in [3.8, 4) is 0 Å². The number of carbonyl (C=O) groups is 3. The van der Waals surface area contributed by atoms with Crippen molar-refractivity contribution in [1.29, 1.82) is 0 Å². The Balaban J connectivity index is 2.12. The third-order valence-corrected chi connectivity index (χ3v) is 4.94. The van der Waals surface area contributed by atoms with Gasteiger partial charge in [-0.25, -0.2) is 14.3 Å². The van der Waals surface area contributed by atoms with Crippen molar-refractivity contribution in [1.82, 2.24) is 14.8 Å². The molecule has 2 heterocycles. The first-order valence-corrected chi connectivity index (χ1v) is 9.34. The van der Waals surface area contributed by atoms with E-state index in [1.807, 2.05) is 0 Å². The predicted octanol–water partition coefficient (Wildman–Crippen LogP) is 2.66. The van der Waals surface area contributed by atoms with Gasteiger partial charge in [0.15, 0.2) is 5.69 Å². The number of aromatic amines is 1. The number of Topliss-reactive ketones (excluding diaryl/α,β-unsaturated/α-hetero) is 1. The quantitative estimate of drug-likeness (QED) is 0.471. The number of carboxylic acid groups (broad SMARTS) is 1. The smallest absolute Gasteiger partial charge is 0.357 e. The molecule has 156 valence electrons. The third-order valence-electron chi connectivity index (χ3n) is 4.94. The first kappa shape index (κ1) is 21.0. The summed E-state index contributed by atoms with van der Waals surface area (Å²) in [5, 5.41) is 13.8. The Bertz CT molecular complexity index is 1240. The second-order valence-corrected chi connectivity index (χ2v) is 6.83. The van der Waals surface area contributed by atoms with Crippen molar-refractivity contribution < 1.29 is 24.2 Å². The zero-order valence-corrected chi connectivity index (χ0v) is 17.0. The molecule has 1 atom stereocenters. The Morgan fingerprint density at radius 2 is 1.83 bits per heavy atom. The van der Waals surface area contributed by atoms with Gasteiger partial charge in [0.2, 0.25) is 5.78 Å². The number of H-pyrrole nitrogens is 1. The van der Waals surface area contributed by atoms with Gasteiger partial charge in [0, 0.05) is 11.1 Å². The maximum absolute atomic E-state index is 13.2. The van der Waals surface area contributed by atoms with Crippen LogP contribution >= 0.6 is 0 Å². The van der Waals surface area contributed by atoms with Crippen LogP contribution in [0.15, 0.2) is 29.1 Å². The van der Waals surface area contributed by atoms with Gasteiger partial charge < -0.3 is 14.8 Å². The summed E-state index contributed by atoms with van der Waals surface area (Å²) in [4.78, 5) is 52.8. The normalized spacial score (nSPS) is 12.0. The summed E-state index contributed by atoms with van der Waals surface area (Å²) < 4.78 is 5.90. The molecule has 0 radical (unpaired) electrons. The lowest BCUT2D eigenvalue weighted by atomic mass is 10.0. The fourth-order valence-electron chi connectivity index (χ4n) is 3.45. The molecule has 0 fully saturated rings. The number of nitrogens with one attached hydrogen (secondary N) is 1. The predicted molar refractivity (Wildman–Crippen MR) is 108 cm³/mol. The van der Waals surface area contributed by atoms with Gasteiger partial charge in [0.25, 0.3) is 5.56 Å². The molecule has 9 heteroatoms. The van der Waals surface area contributed by atoms with Gasteiger partial charge in [-0.05, 0) is 39.3 Å². The molecule has 0 aliphatic carbocycles. The minimum absolute atomic E-state index is 0.141. The largest absolute Gasteiger partial charge is 0.476 e. The SMILES string of the molecule is CCOC(=O)c1c(C)[nH]c(C(=O)C(C)n2nc(C(=O)O)c3ccccc3c2=O)c1C. The molecule has 1 unspecified atom stereocenters. The maximum Gasteiger partial charge on any atom is 0.357 e. The molecule has 0 bridgehead atoms. The molecule has 0 saturated carbocycles. The number of aryl methyl sites for hydroxylation is 1. The molecule has 2 aromatic heterocycles. The summed E-state index contributed by atoms with van der Waals surface area (Å²) in [5.74, 6) is -2.37. The van der Waals surface area contributed by atoms with Gasteiger partial charge in [-0.3, -0.25) is 9.59 Å². The first-order valence-electron chi connectivity index (χ1n) is 9.34. The number of fused-ring (bicyclic) bond motifs is 1. The molecule has 0 amide bonds. The number of hydrogen-bond acceptors (Lipinski definition) is 6. The fraction of sp³-hybridized carbons (Fsp3) is 0.286. The number of rotatable bonds is 6. The van der Waals surface area contributed by atoms with Crippen LogP contribution in [-0.2, 0) is 4.74 Å². The molecule has 30 heavy (non-hydrogen) atoms. The molecule has 9 nitrogen and oxygen atoms in total. The van der Waals surface area contributed by atoms with Crippen LogP contribution in [0.1, 0.15) is 62.5 Å². The van der Waals surface area contributed by atoms with E-state index in [1.165, 1.54) is 19.1 Å². The summed E-state index contributed by atoms with van der Waals surface area (Å²) in [6.07, 6.45) is 0. The van der Waals surface area contributed by atoms with E-state index < -0.39 is 29.3 Å². The van der Waals surface area contributed by atoms with E-state index in [4.69, 9.17) is 4.74 Å². The topological polar surface area (TPSA) is 131 Å². The van der Waals surface area contributed by atoms with Crippen molar-refractivity contribution in [3.63, 3.8) is 0 Å².